The molecule has 0 spiro atoms. The van der Waals surface area contributed by atoms with Crippen molar-refractivity contribution in [2.75, 3.05) is 0 Å². The minimum absolute atomic E-state index is 0.144. The predicted octanol–water partition coefficient (Wildman–Crippen LogP) is 2.66. The molecule has 0 bridgehead atoms. The molecule has 0 saturated carbocycles. The van der Waals surface area contributed by atoms with Crippen molar-refractivity contribution >= 4 is 23.2 Å². The fraction of sp³-hybridized carbons (Fsp3) is 0.0714. The highest BCUT2D eigenvalue weighted by Crippen LogP contribution is 2.23. The van der Waals surface area contributed by atoms with Crippen molar-refractivity contribution in [3.63, 3.8) is 0 Å². The number of benzene rings is 1. The van der Waals surface area contributed by atoms with Crippen LogP contribution in [0.4, 0.5) is 0 Å². The van der Waals surface area contributed by atoms with Crippen molar-refractivity contribution < 1.29 is 14.6 Å². The molecular formula is C14H10ClN3O3. The maximum absolute atomic E-state index is 10.9. The summed E-state index contributed by atoms with van der Waals surface area (Å²) in [5, 5.41) is 13.6. The summed E-state index contributed by atoms with van der Waals surface area (Å²) in [5.41, 5.74) is 0.698. The van der Waals surface area contributed by atoms with Crippen LogP contribution in [0, 0.1) is 0 Å². The number of aromatic nitrogens is 3. The van der Waals surface area contributed by atoms with Crippen LogP contribution in [0.2, 0.25) is 5.02 Å². The molecule has 0 fully saturated rings. The topological polar surface area (TPSA) is 76.7 Å². The van der Waals surface area contributed by atoms with Gasteiger partial charge in [0.25, 0.3) is 0 Å². The molecule has 0 saturated heterocycles. The molecule has 0 aliphatic rings. The van der Waals surface area contributed by atoms with Crippen LogP contribution in [-0.4, -0.2) is 25.7 Å². The zero-order valence-corrected chi connectivity index (χ0v) is 11.5. The molecule has 1 aromatic carbocycles. The van der Waals surface area contributed by atoms with Crippen LogP contribution in [-0.2, 0) is 6.61 Å². The summed E-state index contributed by atoms with van der Waals surface area (Å²) >= 11 is 5.99. The zero-order valence-electron chi connectivity index (χ0n) is 10.7. The summed E-state index contributed by atoms with van der Waals surface area (Å²) in [4.78, 5) is 15.1. The molecule has 0 unspecified atom stereocenters. The lowest BCUT2D eigenvalue weighted by molar-refractivity contribution is 0.0696. The number of rotatable bonds is 4. The Labute approximate surface area is 124 Å². The zero-order chi connectivity index (χ0) is 14.8. The van der Waals surface area contributed by atoms with Gasteiger partial charge in [0.15, 0.2) is 11.5 Å². The molecule has 21 heavy (non-hydrogen) atoms. The molecule has 6 nitrogen and oxygen atoms in total. The van der Waals surface area contributed by atoms with E-state index < -0.39 is 5.97 Å². The summed E-state index contributed by atoms with van der Waals surface area (Å²) in [6, 6.07) is 10.2. The SMILES string of the molecule is O=C(O)c1ccc2nc(COc3ccccc3Cl)nn2c1. The number of fused-ring (bicyclic) bond motifs is 1. The first-order valence-electron chi connectivity index (χ1n) is 6.09. The van der Waals surface area contributed by atoms with Gasteiger partial charge in [0.1, 0.15) is 12.4 Å². The van der Waals surface area contributed by atoms with E-state index >= 15 is 0 Å². The van der Waals surface area contributed by atoms with E-state index in [1.165, 1.54) is 16.8 Å². The van der Waals surface area contributed by atoms with Gasteiger partial charge in [-0.05, 0) is 24.3 Å². The van der Waals surface area contributed by atoms with Gasteiger partial charge in [-0.2, -0.15) is 0 Å². The monoisotopic (exact) mass is 303 g/mol. The maximum Gasteiger partial charge on any atom is 0.337 e. The first-order chi connectivity index (χ1) is 10.1. The molecule has 2 heterocycles. The summed E-state index contributed by atoms with van der Waals surface area (Å²) in [7, 11) is 0. The fourth-order valence-electron chi connectivity index (χ4n) is 1.82. The van der Waals surface area contributed by atoms with Crippen LogP contribution in [0.15, 0.2) is 42.6 Å². The van der Waals surface area contributed by atoms with Crippen molar-refractivity contribution in [2.45, 2.75) is 6.61 Å². The number of para-hydroxylation sites is 1. The van der Waals surface area contributed by atoms with Gasteiger partial charge in [-0.25, -0.2) is 14.3 Å². The minimum atomic E-state index is -1.01. The largest absolute Gasteiger partial charge is 0.484 e. The molecule has 0 aliphatic heterocycles. The van der Waals surface area contributed by atoms with Crippen molar-refractivity contribution in [1.82, 2.24) is 14.6 Å². The first-order valence-corrected chi connectivity index (χ1v) is 6.47. The number of nitrogens with zero attached hydrogens (tertiary/aromatic N) is 3. The summed E-state index contributed by atoms with van der Waals surface area (Å²) in [6.07, 6.45) is 1.41. The Morgan fingerprint density at radius 3 is 2.86 bits per heavy atom. The third-order valence-corrected chi connectivity index (χ3v) is 3.13. The maximum atomic E-state index is 10.9. The van der Waals surface area contributed by atoms with Crippen LogP contribution in [0.1, 0.15) is 16.2 Å². The molecule has 7 heteroatoms. The lowest BCUT2D eigenvalue weighted by atomic mass is 10.3. The minimum Gasteiger partial charge on any atom is -0.484 e. The van der Waals surface area contributed by atoms with Gasteiger partial charge in [-0.1, -0.05) is 23.7 Å². The Balaban J connectivity index is 1.82. The standard InChI is InChI=1S/C14H10ClN3O3/c15-10-3-1-2-4-11(10)21-8-12-16-13-6-5-9(14(19)20)7-18(13)17-12/h1-7H,8H2,(H,19,20). The van der Waals surface area contributed by atoms with Crippen molar-refractivity contribution in [2.24, 2.45) is 0 Å². The third-order valence-electron chi connectivity index (χ3n) is 2.82. The molecule has 3 rings (SSSR count). The van der Waals surface area contributed by atoms with Crippen LogP contribution in [0.25, 0.3) is 5.65 Å². The molecule has 0 amide bonds. The number of carboxylic acids is 1. The predicted molar refractivity (Wildman–Crippen MR) is 75.7 cm³/mol. The fourth-order valence-corrected chi connectivity index (χ4v) is 2.01. The number of halogens is 1. The molecule has 2 aromatic heterocycles. The van der Waals surface area contributed by atoms with E-state index in [1.807, 2.05) is 12.1 Å². The average molecular weight is 304 g/mol. The van der Waals surface area contributed by atoms with E-state index in [4.69, 9.17) is 21.4 Å². The second-order valence-corrected chi connectivity index (χ2v) is 4.68. The molecule has 0 atom stereocenters. The van der Waals surface area contributed by atoms with Crippen LogP contribution < -0.4 is 4.74 Å². The molecule has 1 N–H and O–H groups in total. The van der Waals surface area contributed by atoms with Gasteiger partial charge >= 0.3 is 5.97 Å². The van der Waals surface area contributed by atoms with Crippen LogP contribution >= 0.6 is 11.6 Å². The number of hydrogen-bond acceptors (Lipinski definition) is 4. The smallest absolute Gasteiger partial charge is 0.337 e. The first kappa shape index (κ1) is 13.4. The van der Waals surface area contributed by atoms with Gasteiger partial charge in [0.2, 0.25) is 0 Å². The van der Waals surface area contributed by atoms with Gasteiger partial charge in [0, 0.05) is 6.20 Å². The number of aromatic carboxylic acids is 1. The molecule has 0 aliphatic carbocycles. The molecule has 106 valence electrons. The summed E-state index contributed by atoms with van der Waals surface area (Å²) in [5.74, 6) is -0.0250. The Bertz CT molecular complexity index is 816. The Morgan fingerprint density at radius 1 is 1.29 bits per heavy atom. The molecule has 3 aromatic rings. The Hall–Kier alpha value is -2.60. The van der Waals surface area contributed by atoms with Crippen molar-refractivity contribution in [3.8, 4) is 5.75 Å². The number of ether oxygens (including phenoxy) is 1. The highest BCUT2D eigenvalue weighted by molar-refractivity contribution is 6.32. The second-order valence-electron chi connectivity index (χ2n) is 4.27. The highest BCUT2D eigenvalue weighted by atomic mass is 35.5. The molecular weight excluding hydrogens is 294 g/mol. The number of pyridine rings is 1. The molecule has 0 radical (unpaired) electrons. The van der Waals surface area contributed by atoms with Crippen molar-refractivity contribution in [1.29, 1.82) is 0 Å². The van der Waals surface area contributed by atoms with Crippen LogP contribution in [0.5, 0.6) is 5.75 Å². The normalized spacial score (nSPS) is 10.7. The number of carboxylic acid groups (broad SMARTS) is 1. The number of hydrogen-bond donors (Lipinski definition) is 1. The van der Waals surface area contributed by atoms with Crippen molar-refractivity contribution in [3.05, 3.63) is 59.0 Å². The lowest BCUT2D eigenvalue weighted by Crippen LogP contribution is -2.00. The van der Waals surface area contributed by atoms with E-state index in [2.05, 4.69) is 10.1 Å². The highest BCUT2D eigenvalue weighted by Gasteiger charge is 2.09. The Morgan fingerprint density at radius 2 is 2.10 bits per heavy atom. The Kier molecular flexibility index (Phi) is 3.45. The van der Waals surface area contributed by atoms with Gasteiger partial charge in [-0.3, -0.25) is 0 Å². The number of carbonyl (C=O) groups is 1. The van der Waals surface area contributed by atoms with E-state index in [9.17, 15) is 4.79 Å². The van der Waals surface area contributed by atoms with E-state index in [0.717, 1.165) is 0 Å². The van der Waals surface area contributed by atoms with E-state index in [-0.39, 0.29) is 12.2 Å². The van der Waals surface area contributed by atoms with Gasteiger partial charge in [0.05, 0.1) is 10.6 Å². The summed E-state index contributed by atoms with van der Waals surface area (Å²) in [6.45, 7) is 0.147. The average Bonchev–Trinajstić information content (AvgIpc) is 2.88. The van der Waals surface area contributed by atoms with Gasteiger partial charge in [-0.15, -0.1) is 5.10 Å². The van der Waals surface area contributed by atoms with E-state index in [0.29, 0.717) is 22.2 Å². The van der Waals surface area contributed by atoms with E-state index in [1.54, 1.807) is 18.2 Å². The third kappa shape index (κ3) is 2.80. The quantitative estimate of drug-likeness (QED) is 0.802. The summed E-state index contributed by atoms with van der Waals surface area (Å²) < 4.78 is 6.95. The van der Waals surface area contributed by atoms with Gasteiger partial charge < -0.3 is 9.84 Å². The lowest BCUT2D eigenvalue weighted by Gasteiger charge is -2.04. The van der Waals surface area contributed by atoms with Crippen LogP contribution in [0.3, 0.4) is 0 Å². The second kappa shape index (κ2) is 5.41.